The Morgan fingerprint density at radius 1 is 1.00 bits per heavy atom. The number of aliphatic hydroxyl groups excluding tert-OH is 2. The molecule has 106 valence electrons. The highest BCUT2D eigenvalue weighted by Crippen LogP contribution is 2.28. The largest absolute Gasteiger partial charge is 0.390 e. The number of hydrogen-bond donors (Lipinski definition) is 2. The van der Waals surface area contributed by atoms with E-state index in [0.717, 1.165) is 31.7 Å². The van der Waals surface area contributed by atoms with Crippen LogP contribution in [0.15, 0.2) is 18.2 Å². The van der Waals surface area contributed by atoms with Crippen molar-refractivity contribution in [3.8, 4) is 0 Å². The van der Waals surface area contributed by atoms with E-state index >= 15 is 0 Å². The molecule has 19 heavy (non-hydrogen) atoms. The van der Waals surface area contributed by atoms with Crippen molar-refractivity contribution in [3.05, 3.63) is 35.4 Å². The van der Waals surface area contributed by atoms with Crippen molar-refractivity contribution < 1.29 is 19.0 Å². The second kappa shape index (κ2) is 6.44. The lowest BCUT2D eigenvalue weighted by molar-refractivity contribution is -0.0264. The van der Waals surface area contributed by atoms with Gasteiger partial charge in [0.1, 0.15) is 11.6 Å². The van der Waals surface area contributed by atoms with Crippen molar-refractivity contribution in [1.82, 2.24) is 0 Å². The van der Waals surface area contributed by atoms with Crippen molar-refractivity contribution in [3.63, 3.8) is 0 Å². The number of aliphatic hydroxyl groups is 2. The molecule has 1 aliphatic rings. The van der Waals surface area contributed by atoms with Crippen LogP contribution < -0.4 is 0 Å². The average molecular weight is 270 g/mol. The van der Waals surface area contributed by atoms with Crippen LogP contribution in [0, 0.1) is 17.6 Å². The van der Waals surface area contributed by atoms with Crippen molar-refractivity contribution in [1.29, 1.82) is 0 Å². The van der Waals surface area contributed by atoms with Crippen LogP contribution in [0.4, 0.5) is 8.78 Å². The maximum absolute atomic E-state index is 13.1. The molecule has 2 rings (SSSR count). The van der Waals surface area contributed by atoms with Gasteiger partial charge >= 0.3 is 0 Å². The molecule has 2 nitrogen and oxygen atoms in total. The Morgan fingerprint density at radius 3 is 2.16 bits per heavy atom. The van der Waals surface area contributed by atoms with Crippen LogP contribution >= 0.6 is 0 Å². The summed E-state index contributed by atoms with van der Waals surface area (Å²) in [6.07, 6.45) is 3.44. The molecule has 2 unspecified atom stereocenters. The molecule has 2 atom stereocenters. The number of rotatable bonds is 4. The van der Waals surface area contributed by atoms with Gasteiger partial charge in [-0.25, -0.2) is 8.78 Å². The molecule has 1 fully saturated rings. The minimum atomic E-state index is -0.968. The SMILES string of the molecule is OC(Cc1cc(F)cc(F)c1)C(O)C1CCCCC1. The predicted octanol–water partition coefficient (Wildman–Crippen LogP) is 2.81. The van der Waals surface area contributed by atoms with Crippen LogP contribution in [-0.2, 0) is 6.42 Å². The Bertz CT molecular complexity index is 396. The van der Waals surface area contributed by atoms with Gasteiger partial charge in [-0.1, -0.05) is 19.3 Å². The Labute approximate surface area is 112 Å². The number of halogens is 2. The quantitative estimate of drug-likeness (QED) is 0.883. The van der Waals surface area contributed by atoms with E-state index in [2.05, 4.69) is 0 Å². The molecule has 0 aromatic heterocycles. The molecule has 2 N–H and O–H groups in total. The zero-order chi connectivity index (χ0) is 13.8. The minimum Gasteiger partial charge on any atom is -0.390 e. The van der Waals surface area contributed by atoms with Crippen LogP contribution in [0.1, 0.15) is 37.7 Å². The zero-order valence-electron chi connectivity index (χ0n) is 10.9. The first-order valence-electron chi connectivity index (χ1n) is 6.87. The minimum absolute atomic E-state index is 0.0757. The van der Waals surface area contributed by atoms with Gasteiger partial charge in [-0.2, -0.15) is 0 Å². The molecule has 1 aromatic carbocycles. The first-order chi connectivity index (χ1) is 9.06. The summed E-state index contributed by atoms with van der Waals surface area (Å²) in [5.74, 6) is -1.22. The lowest BCUT2D eigenvalue weighted by Gasteiger charge is -2.29. The molecule has 0 radical (unpaired) electrons. The summed E-state index contributed by atoms with van der Waals surface area (Å²) >= 11 is 0. The fourth-order valence-corrected chi connectivity index (χ4v) is 2.88. The Morgan fingerprint density at radius 2 is 1.58 bits per heavy atom. The second-order valence-corrected chi connectivity index (χ2v) is 5.44. The van der Waals surface area contributed by atoms with Gasteiger partial charge in [0, 0.05) is 12.5 Å². The lowest BCUT2D eigenvalue weighted by atomic mass is 9.82. The summed E-state index contributed by atoms with van der Waals surface area (Å²) in [4.78, 5) is 0. The second-order valence-electron chi connectivity index (χ2n) is 5.44. The first-order valence-corrected chi connectivity index (χ1v) is 6.87. The van der Waals surface area contributed by atoms with E-state index < -0.39 is 23.8 Å². The smallest absolute Gasteiger partial charge is 0.126 e. The molecular weight excluding hydrogens is 250 g/mol. The summed E-state index contributed by atoms with van der Waals surface area (Å²) in [6, 6.07) is 3.19. The molecule has 1 saturated carbocycles. The fourth-order valence-electron chi connectivity index (χ4n) is 2.88. The van der Waals surface area contributed by atoms with Crippen molar-refractivity contribution in [2.24, 2.45) is 5.92 Å². The summed E-state index contributed by atoms with van der Waals surface area (Å²) in [5, 5.41) is 20.1. The molecule has 0 aliphatic heterocycles. The van der Waals surface area contributed by atoms with E-state index in [0.29, 0.717) is 5.56 Å². The molecule has 0 bridgehead atoms. The molecular formula is C15H20F2O2. The standard InChI is InChI=1S/C15H20F2O2/c16-12-6-10(7-13(17)9-12)8-14(18)15(19)11-4-2-1-3-5-11/h6-7,9,11,14-15,18-19H,1-5,8H2. The molecule has 0 saturated heterocycles. The summed E-state index contributed by atoms with van der Waals surface area (Å²) in [6.45, 7) is 0. The van der Waals surface area contributed by atoms with Gasteiger partial charge in [0.25, 0.3) is 0 Å². The highest BCUT2D eigenvalue weighted by Gasteiger charge is 2.27. The Hall–Kier alpha value is -1.00. The zero-order valence-corrected chi connectivity index (χ0v) is 10.9. The topological polar surface area (TPSA) is 40.5 Å². The average Bonchev–Trinajstić information content (AvgIpc) is 2.37. The summed E-state index contributed by atoms with van der Waals surface area (Å²) in [5.41, 5.74) is 0.375. The molecule has 0 spiro atoms. The Kier molecular flexibility index (Phi) is 4.88. The van der Waals surface area contributed by atoms with E-state index in [1.54, 1.807) is 0 Å². The molecule has 1 aliphatic carbocycles. The molecule has 1 aromatic rings. The Balaban J connectivity index is 1.97. The third-order valence-electron chi connectivity index (χ3n) is 3.89. The highest BCUT2D eigenvalue weighted by molar-refractivity contribution is 5.18. The molecule has 0 amide bonds. The molecule has 0 heterocycles. The van der Waals surface area contributed by atoms with Crippen LogP contribution in [0.2, 0.25) is 0 Å². The van der Waals surface area contributed by atoms with E-state index in [-0.39, 0.29) is 12.3 Å². The van der Waals surface area contributed by atoms with Crippen LogP contribution in [-0.4, -0.2) is 22.4 Å². The van der Waals surface area contributed by atoms with Crippen LogP contribution in [0.3, 0.4) is 0 Å². The maximum atomic E-state index is 13.1. The number of hydrogen-bond acceptors (Lipinski definition) is 2. The van der Waals surface area contributed by atoms with Gasteiger partial charge in [-0.15, -0.1) is 0 Å². The summed E-state index contributed by atoms with van der Waals surface area (Å²) in [7, 11) is 0. The van der Waals surface area contributed by atoms with Crippen molar-refractivity contribution >= 4 is 0 Å². The normalized spacial score (nSPS) is 20.2. The van der Waals surface area contributed by atoms with Gasteiger partial charge < -0.3 is 10.2 Å². The fraction of sp³-hybridized carbons (Fsp3) is 0.600. The van der Waals surface area contributed by atoms with Gasteiger partial charge in [0.15, 0.2) is 0 Å². The molecule has 4 heteroatoms. The van der Waals surface area contributed by atoms with Gasteiger partial charge in [0.05, 0.1) is 12.2 Å². The predicted molar refractivity (Wildman–Crippen MR) is 68.7 cm³/mol. The van der Waals surface area contributed by atoms with E-state index in [1.165, 1.54) is 18.6 Å². The maximum Gasteiger partial charge on any atom is 0.126 e. The third kappa shape index (κ3) is 3.98. The van der Waals surface area contributed by atoms with Crippen molar-refractivity contribution in [2.75, 3.05) is 0 Å². The van der Waals surface area contributed by atoms with E-state index in [1.807, 2.05) is 0 Å². The highest BCUT2D eigenvalue weighted by atomic mass is 19.1. The van der Waals surface area contributed by atoms with Crippen molar-refractivity contribution in [2.45, 2.75) is 50.7 Å². The van der Waals surface area contributed by atoms with Gasteiger partial charge in [0.2, 0.25) is 0 Å². The van der Waals surface area contributed by atoms with Gasteiger partial charge in [-0.05, 0) is 36.5 Å². The lowest BCUT2D eigenvalue weighted by Crippen LogP contribution is -2.36. The summed E-state index contributed by atoms with van der Waals surface area (Å²) < 4.78 is 26.1. The van der Waals surface area contributed by atoms with Crippen LogP contribution in [0.25, 0.3) is 0 Å². The van der Waals surface area contributed by atoms with Gasteiger partial charge in [-0.3, -0.25) is 0 Å². The number of benzene rings is 1. The van der Waals surface area contributed by atoms with E-state index in [4.69, 9.17) is 0 Å². The van der Waals surface area contributed by atoms with Crippen LogP contribution in [0.5, 0.6) is 0 Å². The third-order valence-corrected chi connectivity index (χ3v) is 3.89. The monoisotopic (exact) mass is 270 g/mol. The first kappa shape index (κ1) is 14.4. The van der Waals surface area contributed by atoms with E-state index in [9.17, 15) is 19.0 Å².